The number of halogens is 1. The van der Waals surface area contributed by atoms with Gasteiger partial charge in [0.25, 0.3) is 0 Å². The Bertz CT molecular complexity index is 477. The number of fused-ring (bicyclic) bond motifs is 1. The van der Waals surface area contributed by atoms with Crippen LogP contribution in [0.15, 0.2) is 22.9 Å². The summed E-state index contributed by atoms with van der Waals surface area (Å²) < 4.78 is 4.93. The predicted molar refractivity (Wildman–Crippen MR) is 46.0 cm³/mol. The summed E-state index contributed by atoms with van der Waals surface area (Å²) in [5.41, 5.74) is 0.989. The van der Waals surface area contributed by atoms with E-state index in [0.29, 0.717) is 11.1 Å². The maximum absolute atomic E-state index is 10.6. The van der Waals surface area contributed by atoms with Crippen molar-refractivity contribution in [2.75, 3.05) is 0 Å². The van der Waals surface area contributed by atoms with Gasteiger partial charge in [-0.25, -0.2) is 9.78 Å². The first-order valence-electron chi connectivity index (χ1n) is 3.44. The van der Waals surface area contributed by atoms with Crippen molar-refractivity contribution in [3.63, 3.8) is 0 Å². The van der Waals surface area contributed by atoms with E-state index < -0.39 is 5.97 Å². The predicted octanol–water partition coefficient (Wildman–Crippen LogP) is 2.18. The highest BCUT2D eigenvalue weighted by molar-refractivity contribution is 6.34. The van der Waals surface area contributed by atoms with E-state index in [1.807, 2.05) is 0 Å². The zero-order valence-electron chi connectivity index (χ0n) is 6.32. The van der Waals surface area contributed by atoms with Crippen LogP contribution in [0.3, 0.4) is 0 Å². The molecular formula is C8H4ClNO3. The Morgan fingerprint density at radius 2 is 2.31 bits per heavy atom. The molecule has 0 radical (unpaired) electrons. The van der Waals surface area contributed by atoms with Crippen LogP contribution in [0.1, 0.15) is 10.4 Å². The fraction of sp³-hybridized carbons (Fsp3) is 0. The van der Waals surface area contributed by atoms with Crippen LogP contribution in [0.4, 0.5) is 0 Å². The molecule has 0 spiro atoms. The summed E-state index contributed by atoms with van der Waals surface area (Å²) >= 11 is 5.69. The van der Waals surface area contributed by atoms with E-state index >= 15 is 0 Å². The van der Waals surface area contributed by atoms with Crippen molar-refractivity contribution in [1.29, 1.82) is 0 Å². The first kappa shape index (κ1) is 8.07. The molecule has 0 unspecified atom stereocenters. The van der Waals surface area contributed by atoms with Gasteiger partial charge in [0, 0.05) is 0 Å². The maximum Gasteiger partial charge on any atom is 0.337 e. The van der Waals surface area contributed by atoms with E-state index in [0.717, 1.165) is 0 Å². The van der Waals surface area contributed by atoms with Crippen LogP contribution in [0, 0.1) is 0 Å². The molecule has 0 aliphatic rings. The molecule has 13 heavy (non-hydrogen) atoms. The van der Waals surface area contributed by atoms with Gasteiger partial charge in [0.05, 0.1) is 10.6 Å². The molecule has 5 heteroatoms. The van der Waals surface area contributed by atoms with Crippen molar-refractivity contribution in [2.24, 2.45) is 0 Å². The quantitative estimate of drug-likeness (QED) is 0.761. The van der Waals surface area contributed by atoms with Crippen molar-refractivity contribution >= 4 is 28.7 Å². The average molecular weight is 198 g/mol. The summed E-state index contributed by atoms with van der Waals surface area (Å²) in [6, 6.07) is 2.82. The average Bonchev–Trinajstić information content (AvgIpc) is 2.48. The molecule has 0 aliphatic carbocycles. The number of nitrogens with zero attached hydrogens (tertiary/aromatic N) is 1. The van der Waals surface area contributed by atoms with Gasteiger partial charge in [-0.15, -0.1) is 0 Å². The van der Waals surface area contributed by atoms with Crippen LogP contribution in [0.25, 0.3) is 11.1 Å². The summed E-state index contributed by atoms with van der Waals surface area (Å²) in [7, 11) is 0. The summed E-state index contributed by atoms with van der Waals surface area (Å²) in [4.78, 5) is 14.5. The molecule has 0 amide bonds. The molecule has 0 fully saturated rings. The Labute approximate surface area is 77.8 Å². The Morgan fingerprint density at radius 1 is 1.54 bits per heavy atom. The molecule has 2 rings (SSSR count). The molecule has 0 aliphatic heterocycles. The zero-order chi connectivity index (χ0) is 9.42. The minimum atomic E-state index is -1.08. The fourth-order valence-corrected chi connectivity index (χ4v) is 1.28. The number of rotatable bonds is 1. The number of aromatic carboxylic acids is 1. The van der Waals surface area contributed by atoms with Gasteiger partial charge in [0.2, 0.25) is 0 Å². The summed E-state index contributed by atoms with van der Waals surface area (Å²) in [6.45, 7) is 0. The molecule has 1 heterocycles. The molecule has 1 aromatic heterocycles. The topological polar surface area (TPSA) is 63.3 Å². The van der Waals surface area contributed by atoms with Gasteiger partial charge in [0.15, 0.2) is 12.0 Å². The Morgan fingerprint density at radius 3 is 3.00 bits per heavy atom. The SMILES string of the molecule is O=C(O)c1cc2ocnc2cc1Cl. The van der Waals surface area contributed by atoms with Gasteiger partial charge in [-0.05, 0) is 12.1 Å². The van der Waals surface area contributed by atoms with E-state index in [1.54, 1.807) is 0 Å². The minimum Gasteiger partial charge on any atom is -0.478 e. The zero-order valence-corrected chi connectivity index (χ0v) is 7.08. The van der Waals surface area contributed by atoms with E-state index in [2.05, 4.69) is 4.98 Å². The lowest BCUT2D eigenvalue weighted by atomic mass is 10.2. The highest BCUT2D eigenvalue weighted by Crippen LogP contribution is 2.22. The first-order chi connectivity index (χ1) is 6.18. The first-order valence-corrected chi connectivity index (χ1v) is 3.82. The molecular weight excluding hydrogens is 194 g/mol. The lowest BCUT2D eigenvalue weighted by Gasteiger charge is -1.96. The highest BCUT2D eigenvalue weighted by Gasteiger charge is 2.11. The van der Waals surface area contributed by atoms with Crippen LogP contribution in [-0.4, -0.2) is 16.1 Å². The van der Waals surface area contributed by atoms with Gasteiger partial charge in [0.1, 0.15) is 5.52 Å². The van der Waals surface area contributed by atoms with Gasteiger partial charge in [-0.1, -0.05) is 11.6 Å². The van der Waals surface area contributed by atoms with E-state index in [4.69, 9.17) is 21.1 Å². The number of benzene rings is 1. The second kappa shape index (κ2) is 2.74. The molecule has 2 aromatic rings. The van der Waals surface area contributed by atoms with Crippen LogP contribution in [0.2, 0.25) is 5.02 Å². The van der Waals surface area contributed by atoms with E-state index in [-0.39, 0.29) is 10.6 Å². The van der Waals surface area contributed by atoms with E-state index in [1.165, 1.54) is 18.5 Å². The molecule has 0 bridgehead atoms. The molecule has 0 saturated carbocycles. The monoisotopic (exact) mass is 197 g/mol. The summed E-state index contributed by atoms with van der Waals surface area (Å²) in [6.07, 6.45) is 1.24. The van der Waals surface area contributed by atoms with Crippen molar-refractivity contribution in [1.82, 2.24) is 4.98 Å². The second-order valence-electron chi connectivity index (χ2n) is 2.46. The molecule has 0 saturated heterocycles. The summed E-state index contributed by atoms with van der Waals surface area (Å²) in [5.74, 6) is -1.08. The standard InChI is InChI=1S/C8H4ClNO3/c9-5-2-6-7(13-3-10-6)1-4(5)8(11)12/h1-3H,(H,11,12). The lowest BCUT2D eigenvalue weighted by molar-refractivity contribution is 0.0697. The minimum absolute atomic E-state index is 0.0194. The number of carboxylic acid groups (broad SMARTS) is 1. The third-order valence-corrected chi connectivity index (χ3v) is 1.96. The van der Waals surface area contributed by atoms with Crippen LogP contribution in [-0.2, 0) is 0 Å². The van der Waals surface area contributed by atoms with E-state index in [9.17, 15) is 4.79 Å². The van der Waals surface area contributed by atoms with Gasteiger partial charge in [-0.2, -0.15) is 0 Å². The van der Waals surface area contributed by atoms with Gasteiger partial charge < -0.3 is 9.52 Å². The molecule has 0 atom stereocenters. The van der Waals surface area contributed by atoms with Crippen molar-refractivity contribution in [3.8, 4) is 0 Å². The number of oxazole rings is 1. The Hall–Kier alpha value is -1.55. The van der Waals surface area contributed by atoms with Crippen molar-refractivity contribution in [2.45, 2.75) is 0 Å². The number of carboxylic acids is 1. The normalized spacial score (nSPS) is 10.5. The third-order valence-electron chi connectivity index (χ3n) is 1.65. The van der Waals surface area contributed by atoms with Crippen molar-refractivity contribution in [3.05, 3.63) is 29.1 Å². The fourth-order valence-electron chi connectivity index (χ4n) is 1.04. The molecule has 66 valence electrons. The molecule has 1 N–H and O–H groups in total. The number of aromatic nitrogens is 1. The smallest absolute Gasteiger partial charge is 0.337 e. The van der Waals surface area contributed by atoms with Crippen LogP contribution >= 0.6 is 11.6 Å². The molecule has 4 nitrogen and oxygen atoms in total. The molecule has 1 aromatic carbocycles. The third kappa shape index (κ3) is 1.25. The van der Waals surface area contributed by atoms with Crippen LogP contribution in [0.5, 0.6) is 0 Å². The lowest BCUT2D eigenvalue weighted by Crippen LogP contribution is -1.96. The highest BCUT2D eigenvalue weighted by atomic mass is 35.5. The number of carbonyl (C=O) groups is 1. The Balaban J connectivity index is 2.76. The number of hydrogen-bond donors (Lipinski definition) is 1. The summed E-state index contributed by atoms with van der Waals surface area (Å²) in [5, 5.41) is 8.88. The largest absolute Gasteiger partial charge is 0.478 e. The maximum atomic E-state index is 10.6. The second-order valence-corrected chi connectivity index (χ2v) is 2.86. The Kier molecular flexibility index (Phi) is 1.70. The van der Waals surface area contributed by atoms with Crippen LogP contribution < -0.4 is 0 Å². The number of hydrogen-bond acceptors (Lipinski definition) is 3. The van der Waals surface area contributed by atoms with Gasteiger partial charge in [-0.3, -0.25) is 0 Å². The van der Waals surface area contributed by atoms with Gasteiger partial charge >= 0.3 is 5.97 Å². The van der Waals surface area contributed by atoms with Crippen molar-refractivity contribution < 1.29 is 14.3 Å².